The van der Waals surface area contributed by atoms with Crippen LogP contribution in [0.2, 0.25) is 0 Å². The maximum atomic E-state index is 11.0. The zero-order chi connectivity index (χ0) is 13.0. The number of aromatic nitrogens is 4. The number of aliphatic carboxylic acids is 1. The summed E-state index contributed by atoms with van der Waals surface area (Å²) in [5, 5.41) is 20.5. The average Bonchev–Trinajstić information content (AvgIpc) is 2.84. The van der Waals surface area contributed by atoms with Gasteiger partial charge in [0, 0.05) is 6.42 Å². The molecule has 0 saturated carbocycles. The zero-order valence-corrected chi connectivity index (χ0v) is 10.0. The van der Waals surface area contributed by atoms with Crippen molar-refractivity contribution in [2.24, 2.45) is 5.92 Å². The summed E-state index contributed by atoms with van der Waals surface area (Å²) in [6.07, 6.45) is 0.880. The van der Waals surface area contributed by atoms with Crippen LogP contribution in [0.1, 0.15) is 19.2 Å². The molecule has 6 heteroatoms. The maximum Gasteiger partial charge on any atom is 0.306 e. The van der Waals surface area contributed by atoms with Crippen molar-refractivity contribution < 1.29 is 9.90 Å². The van der Waals surface area contributed by atoms with Gasteiger partial charge in [-0.1, -0.05) is 25.1 Å². The molecular formula is C12H14N4O2. The minimum Gasteiger partial charge on any atom is -0.481 e. The number of rotatable bonds is 5. The molecule has 0 fully saturated rings. The van der Waals surface area contributed by atoms with Crippen molar-refractivity contribution in [1.29, 1.82) is 0 Å². The molecule has 0 amide bonds. The first-order valence-corrected chi connectivity index (χ1v) is 5.78. The van der Waals surface area contributed by atoms with Crippen molar-refractivity contribution in [1.82, 2.24) is 20.2 Å². The van der Waals surface area contributed by atoms with Gasteiger partial charge in [0.1, 0.15) is 0 Å². The van der Waals surface area contributed by atoms with Gasteiger partial charge in [0.2, 0.25) is 0 Å². The molecule has 0 aliphatic carbocycles. The molecule has 1 heterocycles. The van der Waals surface area contributed by atoms with Crippen molar-refractivity contribution in [3.05, 3.63) is 36.2 Å². The van der Waals surface area contributed by atoms with E-state index >= 15 is 0 Å². The highest BCUT2D eigenvalue weighted by atomic mass is 16.4. The minimum absolute atomic E-state index is 0.327. The molecule has 0 aliphatic rings. The fourth-order valence-corrected chi connectivity index (χ4v) is 1.73. The minimum atomic E-state index is -0.819. The maximum absolute atomic E-state index is 11.0. The van der Waals surface area contributed by atoms with E-state index in [-0.39, 0.29) is 0 Å². The molecule has 1 aromatic carbocycles. The lowest BCUT2D eigenvalue weighted by atomic mass is 10.0. The fourth-order valence-electron chi connectivity index (χ4n) is 1.73. The van der Waals surface area contributed by atoms with Gasteiger partial charge in [-0.2, -0.15) is 4.68 Å². The predicted molar refractivity (Wildman–Crippen MR) is 64.3 cm³/mol. The Labute approximate surface area is 104 Å². The molecule has 0 aliphatic heterocycles. The molecule has 2 aromatic rings. The zero-order valence-electron chi connectivity index (χ0n) is 10.0. The Morgan fingerprint density at radius 1 is 1.39 bits per heavy atom. The third kappa shape index (κ3) is 2.53. The van der Waals surface area contributed by atoms with Crippen molar-refractivity contribution in [2.45, 2.75) is 19.8 Å². The Kier molecular flexibility index (Phi) is 3.66. The summed E-state index contributed by atoms with van der Waals surface area (Å²) < 4.78 is 1.58. The van der Waals surface area contributed by atoms with Crippen LogP contribution in [0.3, 0.4) is 0 Å². The van der Waals surface area contributed by atoms with Crippen LogP contribution in [-0.4, -0.2) is 31.3 Å². The third-order valence-corrected chi connectivity index (χ3v) is 2.81. The highest BCUT2D eigenvalue weighted by Crippen LogP contribution is 2.13. The molecular weight excluding hydrogens is 232 g/mol. The average molecular weight is 246 g/mol. The van der Waals surface area contributed by atoms with Crippen LogP contribution in [0.25, 0.3) is 5.69 Å². The van der Waals surface area contributed by atoms with Crippen LogP contribution in [-0.2, 0) is 11.2 Å². The number of carboxylic acid groups (broad SMARTS) is 1. The van der Waals surface area contributed by atoms with E-state index in [1.165, 1.54) is 0 Å². The number of benzene rings is 1. The highest BCUT2D eigenvalue weighted by molar-refractivity contribution is 5.70. The van der Waals surface area contributed by atoms with E-state index in [2.05, 4.69) is 15.5 Å². The topological polar surface area (TPSA) is 80.9 Å². The van der Waals surface area contributed by atoms with E-state index in [0.29, 0.717) is 18.7 Å². The lowest BCUT2D eigenvalue weighted by Gasteiger charge is -2.09. The van der Waals surface area contributed by atoms with Gasteiger partial charge in [-0.25, -0.2) is 0 Å². The van der Waals surface area contributed by atoms with Gasteiger partial charge in [-0.15, -0.1) is 5.10 Å². The van der Waals surface area contributed by atoms with Crippen LogP contribution in [0.5, 0.6) is 0 Å². The fraction of sp³-hybridized carbons (Fsp3) is 0.333. The second-order valence-electron chi connectivity index (χ2n) is 3.99. The Morgan fingerprint density at radius 3 is 2.72 bits per heavy atom. The Morgan fingerprint density at radius 2 is 2.11 bits per heavy atom. The number of carboxylic acids is 1. The number of carbonyl (C=O) groups is 1. The first-order valence-electron chi connectivity index (χ1n) is 5.78. The molecule has 0 bridgehead atoms. The van der Waals surface area contributed by atoms with Crippen LogP contribution in [0.15, 0.2) is 30.3 Å². The Hall–Kier alpha value is -2.24. The van der Waals surface area contributed by atoms with Crippen LogP contribution in [0, 0.1) is 5.92 Å². The van der Waals surface area contributed by atoms with Gasteiger partial charge in [-0.05, 0) is 29.0 Å². The summed E-state index contributed by atoms with van der Waals surface area (Å²) in [4.78, 5) is 11.0. The standard InChI is InChI=1S/C12H14N4O2/c1-2-9(12(17)18)8-11-13-14-15-16(11)10-6-4-3-5-7-10/h3-7,9H,2,8H2,1H3,(H,17,18). The molecule has 1 unspecified atom stereocenters. The lowest BCUT2D eigenvalue weighted by molar-refractivity contribution is -0.141. The van der Waals surface area contributed by atoms with E-state index in [4.69, 9.17) is 5.11 Å². The summed E-state index contributed by atoms with van der Waals surface area (Å²) in [5.41, 5.74) is 0.831. The Bertz CT molecular complexity index is 524. The van der Waals surface area contributed by atoms with Crippen LogP contribution < -0.4 is 0 Å². The van der Waals surface area contributed by atoms with Crippen LogP contribution >= 0.6 is 0 Å². The van der Waals surface area contributed by atoms with Gasteiger partial charge in [0.25, 0.3) is 0 Å². The number of hydrogen-bond acceptors (Lipinski definition) is 4. The van der Waals surface area contributed by atoms with Gasteiger partial charge in [0.05, 0.1) is 11.6 Å². The van der Waals surface area contributed by atoms with Gasteiger partial charge in [-0.3, -0.25) is 4.79 Å². The van der Waals surface area contributed by atoms with Crippen molar-refractivity contribution in [3.63, 3.8) is 0 Å². The smallest absolute Gasteiger partial charge is 0.306 e. The van der Waals surface area contributed by atoms with Crippen LogP contribution in [0.4, 0.5) is 0 Å². The molecule has 94 valence electrons. The van der Waals surface area contributed by atoms with Gasteiger partial charge in [0.15, 0.2) is 5.82 Å². The molecule has 0 saturated heterocycles. The molecule has 6 nitrogen and oxygen atoms in total. The van der Waals surface area contributed by atoms with E-state index in [0.717, 1.165) is 5.69 Å². The van der Waals surface area contributed by atoms with E-state index in [9.17, 15) is 4.79 Å². The quantitative estimate of drug-likeness (QED) is 0.860. The predicted octanol–water partition coefficient (Wildman–Crippen LogP) is 1.32. The molecule has 2 rings (SSSR count). The van der Waals surface area contributed by atoms with Crippen molar-refractivity contribution in [3.8, 4) is 5.69 Å². The molecule has 0 spiro atoms. The van der Waals surface area contributed by atoms with E-state index in [1.54, 1.807) is 4.68 Å². The summed E-state index contributed by atoms with van der Waals surface area (Å²) in [6, 6.07) is 9.42. The summed E-state index contributed by atoms with van der Waals surface area (Å²) in [5.74, 6) is -0.714. The highest BCUT2D eigenvalue weighted by Gasteiger charge is 2.19. The SMILES string of the molecule is CCC(Cc1nnnn1-c1ccccc1)C(=O)O. The largest absolute Gasteiger partial charge is 0.481 e. The second-order valence-corrected chi connectivity index (χ2v) is 3.99. The van der Waals surface area contributed by atoms with Gasteiger partial charge >= 0.3 is 5.97 Å². The second kappa shape index (κ2) is 5.39. The van der Waals surface area contributed by atoms with Gasteiger partial charge < -0.3 is 5.11 Å². The van der Waals surface area contributed by atoms with E-state index in [1.807, 2.05) is 37.3 Å². The number of tetrazole rings is 1. The van der Waals surface area contributed by atoms with E-state index < -0.39 is 11.9 Å². The molecule has 18 heavy (non-hydrogen) atoms. The molecule has 1 N–H and O–H groups in total. The number of para-hydroxylation sites is 1. The summed E-state index contributed by atoms with van der Waals surface area (Å²) in [6.45, 7) is 1.84. The molecule has 1 atom stereocenters. The summed E-state index contributed by atoms with van der Waals surface area (Å²) >= 11 is 0. The number of hydrogen-bond donors (Lipinski definition) is 1. The van der Waals surface area contributed by atoms with Crippen molar-refractivity contribution >= 4 is 5.97 Å². The third-order valence-electron chi connectivity index (χ3n) is 2.81. The first-order chi connectivity index (χ1) is 8.72. The normalized spacial score (nSPS) is 12.3. The molecule has 0 radical (unpaired) electrons. The van der Waals surface area contributed by atoms with Crippen molar-refractivity contribution in [2.75, 3.05) is 0 Å². The first kappa shape index (κ1) is 12.2. The monoisotopic (exact) mass is 246 g/mol. The number of nitrogens with zero attached hydrogens (tertiary/aromatic N) is 4. The lowest BCUT2D eigenvalue weighted by Crippen LogP contribution is -2.18. The molecule has 1 aromatic heterocycles. The Balaban J connectivity index is 2.26. The summed E-state index contributed by atoms with van der Waals surface area (Å²) in [7, 11) is 0.